The van der Waals surface area contributed by atoms with Crippen molar-refractivity contribution in [1.29, 1.82) is 5.26 Å². The van der Waals surface area contributed by atoms with Gasteiger partial charge in [0.25, 0.3) is 5.56 Å². The number of methoxy groups -OCH3 is 1. The van der Waals surface area contributed by atoms with E-state index in [2.05, 4.69) is 34.9 Å². The lowest BCUT2D eigenvalue weighted by Gasteiger charge is -2.17. The molecule has 3 aromatic carbocycles. The Balaban J connectivity index is 1.92. The van der Waals surface area contributed by atoms with Gasteiger partial charge in [-0.15, -0.1) is 0 Å². The standard InChI is InChI=1S/C30H29BrN4O4/c1-6-38-27-15-20(14-24(31)28(27)39-12-11-32)17-33-35-29(34-25-10-8-7-9-21(25)30(35)36)23-16-22(18(2)3)26(37-5)13-19(23)4/h7-10,13-18H,6,12H2,1-5H3. The Bertz CT molecular complexity index is 1650. The van der Waals surface area contributed by atoms with E-state index in [0.717, 1.165) is 22.4 Å². The molecule has 1 aromatic heterocycles. The normalized spacial score (nSPS) is 11.2. The smallest absolute Gasteiger partial charge is 0.282 e. The van der Waals surface area contributed by atoms with Crippen LogP contribution in [0.15, 0.2) is 62.9 Å². The monoisotopic (exact) mass is 588 g/mol. The number of nitrogens with zero attached hydrogens (tertiary/aromatic N) is 4. The van der Waals surface area contributed by atoms with Crippen LogP contribution in [0, 0.1) is 18.3 Å². The largest absolute Gasteiger partial charge is 0.496 e. The lowest BCUT2D eigenvalue weighted by atomic mass is 9.96. The molecule has 0 atom stereocenters. The number of hydrogen-bond donors (Lipinski definition) is 0. The topological polar surface area (TPSA) is 98.7 Å². The number of hydrogen-bond acceptors (Lipinski definition) is 7. The van der Waals surface area contributed by atoms with E-state index in [4.69, 9.17) is 24.5 Å². The maximum absolute atomic E-state index is 13.7. The summed E-state index contributed by atoms with van der Waals surface area (Å²) in [4.78, 5) is 18.6. The first-order valence-electron chi connectivity index (χ1n) is 12.5. The Kier molecular flexibility index (Phi) is 8.67. The van der Waals surface area contributed by atoms with Crippen molar-refractivity contribution in [2.24, 2.45) is 5.10 Å². The minimum Gasteiger partial charge on any atom is -0.496 e. The first-order valence-corrected chi connectivity index (χ1v) is 13.3. The summed E-state index contributed by atoms with van der Waals surface area (Å²) in [7, 11) is 1.65. The fourth-order valence-electron chi connectivity index (χ4n) is 4.27. The van der Waals surface area contributed by atoms with Crippen LogP contribution in [0.3, 0.4) is 0 Å². The molecule has 1 heterocycles. The van der Waals surface area contributed by atoms with Crippen LogP contribution in [0.2, 0.25) is 0 Å². The van der Waals surface area contributed by atoms with Gasteiger partial charge in [-0.05, 0) is 88.8 Å². The first-order chi connectivity index (χ1) is 18.8. The third-order valence-electron chi connectivity index (χ3n) is 6.13. The van der Waals surface area contributed by atoms with Crippen LogP contribution in [0.1, 0.15) is 43.4 Å². The quantitative estimate of drug-likeness (QED) is 0.208. The van der Waals surface area contributed by atoms with Gasteiger partial charge in [0.1, 0.15) is 11.8 Å². The predicted molar refractivity (Wildman–Crippen MR) is 156 cm³/mol. The maximum Gasteiger partial charge on any atom is 0.282 e. The Hall–Kier alpha value is -4.16. The number of halogens is 1. The van der Waals surface area contributed by atoms with Gasteiger partial charge in [-0.1, -0.05) is 26.0 Å². The Labute approximate surface area is 235 Å². The molecule has 0 fully saturated rings. The van der Waals surface area contributed by atoms with Crippen LogP contribution in [0.5, 0.6) is 17.2 Å². The van der Waals surface area contributed by atoms with E-state index < -0.39 is 0 Å². The van der Waals surface area contributed by atoms with Crippen LogP contribution in [-0.4, -0.2) is 36.2 Å². The van der Waals surface area contributed by atoms with Gasteiger partial charge in [-0.25, -0.2) is 4.98 Å². The van der Waals surface area contributed by atoms with Crippen molar-refractivity contribution in [3.63, 3.8) is 0 Å². The second kappa shape index (κ2) is 12.1. The second-order valence-electron chi connectivity index (χ2n) is 9.09. The molecule has 0 unspecified atom stereocenters. The Morgan fingerprint density at radius 2 is 1.92 bits per heavy atom. The third-order valence-corrected chi connectivity index (χ3v) is 6.72. The molecule has 0 radical (unpaired) electrons. The van der Waals surface area contributed by atoms with E-state index in [0.29, 0.717) is 44.9 Å². The number of para-hydroxylation sites is 1. The van der Waals surface area contributed by atoms with Crippen molar-refractivity contribution in [3.8, 4) is 34.7 Å². The minimum absolute atomic E-state index is 0.118. The Morgan fingerprint density at radius 3 is 2.62 bits per heavy atom. The number of nitriles is 1. The maximum atomic E-state index is 13.7. The number of ether oxygens (including phenoxy) is 3. The second-order valence-corrected chi connectivity index (χ2v) is 9.94. The fraction of sp³-hybridized carbons (Fsp3) is 0.267. The molecule has 8 nitrogen and oxygen atoms in total. The molecule has 4 rings (SSSR count). The van der Waals surface area contributed by atoms with Gasteiger partial charge in [0.2, 0.25) is 0 Å². The lowest BCUT2D eigenvalue weighted by molar-refractivity contribution is 0.297. The number of aromatic nitrogens is 2. The van der Waals surface area contributed by atoms with E-state index in [9.17, 15) is 4.79 Å². The summed E-state index contributed by atoms with van der Waals surface area (Å²) < 4.78 is 18.8. The Morgan fingerprint density at radius 1 is 1.15 bits per heavy atom. The zero-order valence-electron chi connectivity index (χ0n) is 22.5. The van der Waals surface area contributed by atoms with Crippen LogP contribution in [0.4, 0.5) is 0 Å². The molecule has 0 amide bonds. The summed E-state index contributed by atoms with van der Waals surface area (Å²) in [5, 5.41) is 14.0. The zero-order valence-corrected chi connectivity index (χ0v) is 24.1. The molecule has 0 aliphatic carbocycles. The van der Waals surface area contributed by atoms with Crippen LogP contribution in [-0.2, 0) is 0 Å². The molecule has 0 N–H and O–H groups in total. The zero-order chi connectivity index (χ0) is 28.1. The van der Waals surface area contributed by atoms with Crippen LogP contribution < -0.4 is 19.8 Å². The highest BCUT2D eigenvalue weighted by atomic mass is 79.9. The van der Waals surface area contributed by atoms with Gasteiger partial charge in [0.05, 0.1) is 35.3 Å². The van der Waals surface area contributed by atoms with E-state index in [1.807, 2.05) is 44.2 Å². The summed E-state index contributed by atoms with van der Waals surface area (Å²) in [5.41, 5.74) is 3.67. The highest BCUT2D eigenvalue weighted by Crippen LogP contribution is 2.37. The van der Waals surface area contributed by atoms with Crippen molar-refractivity contribution >= 4 is 33.0 Å². The summed E-state index contributed by atoms with van der Waals surface area (Å²) in [6.07, 6.45) is 1.57. The summed E-state index contributed by atoms with van der Waals surface area (Å²) >= 11 is 3.50. The SMILES string of the molecule is CCOc1cc(C=Nn2c(-c3cc(C(C)C)c(OC)cc3C)nc3ccccc3c2=O)cc(Br)c1OCC#N. The molecule has 39 heavy (non-hydrogen) atoms. The van der Waals surface area contributed by atoms with Crippen LogP contribution >= 0.6 is 15.9 Å². The molecule has 9 heteroatoms. The third kappa shape index (κ3) is 5.81. The van der Waals surface area contributed by atoms with Crippen LogP contribution in [0.25, 0.3) is 22.3 Å². The minimum atomic E-state index is -0.286. The van der Waals surface area contributed by atoms with Crippen molar-refractivity contribution in [1.82, 2.24) is 9.66 Å². The average molecular weight is 589 g/mol. The number of fused-ring (bicyclic) bond motifs is 1. The van der Waals surface area contributed by atoms with Gasteiger partial charge in [0, 0.05) is 5.56 Å². The van der Waals surface area contributed by atoms with E-state index >= 15 is 0 Å². The number of rotatable bonds is 9. The number of benzene rings is 3. The summed E-state index contributed by atoms with van der Waals surface area (Å²) in [5.74, 6) is 2.29. The molecule has 0 spiro atoms. The molecule has 0 aliphatic rings. The van der Waals surface area contributed by atoms with E-state index in [-0.39, 0.29) is 18.1 Å². The van der Waals surface area contributed by atoms with Crippen molar-refractivity contribution in [2.45, 2.75) is 33.6 Å². The van der Waals surface area contributed by atoms with E-state index in [1.165, 1.54) is 4.68 Å². The molecule has 0 bridgehead atoms. The van der Waals surface area contributed by atoms with Crippen molar-refractivity contribution in [3.05, 3.63) is 80.0 Å². The first kappa shape index (κ1) is 27.9. The van der Waals surface area contributed by atoms with Gasteiger partial charge >= 0.3 is 0 Å². The molecule has 200 valence electrons. The fourth-order valence-corrected chi connectivity index (χ4v) is 4.84. The average Bonchev–Trinajstić information content (AvgIpc) is 2.92. The van der Waals surface area contributed by atoms with Crippen molar-refractivity contribution in [2.75, 3.05) is 20.3 Å². The molecule has 0 aliphatic heterocycles. The molecular weight excluding hydrogens is 560 g/mol. The molecule has 4 aromatic rings. The highest BCUT2D eigenvalue weighted by molar-refractivity contribution is 9.10. The van der Waals surface area contributed by atoms with Gasteiger partial charge in [-0.3, -0.25) is 4.79 Å². The lowest BCUT2D eigenvalue weighted by Crippen LogP contribution is -2.20. The summed E-state index contributed by atoms with van der Waals surface area (Å²) in [6, 6.07) is 16.7. The van der Waals surface area contributed by atoms with Gasteiger partial charge in [-0.2, -0.15) is 15.0 Å². The van der Waals surface area contributed by atoms with E-state index in [1.54, 1.807) is 37.6 Å². The molecule has 0 saturated heterocycles. The van der Waals surface area contributed by atoms with Gasteiger partial charge < -0.3 is 14.2 Å². The van der Waals surface area contributed by atoms with Crippen molar-refractivity contribution < 1.29 is 14.2 Å². The predicted octanol–water partition coefficient (Wildman–Crippen LogP) is 6.45. The number of aryl methyl sites for hydroxylation is 1. The van der Waals surface area contributed by atoms with Gasteiger partial charge in [0.15, 0.2) is 23.9 Å². The highest BCUT2D eigenvalue weighted by Gasteiger charge is 2.19. The summed E-state index contributed by atoms with van der Waals surface area (Å²) in [6.45, 7) is 8.29. The molecule has 0 saturated carbocycles. The molecular formula is C30H29BrN4O4.